The van der Waals surface area contributed by atoms with Crippen molar-refractivity contribution in [2.45, 2.75) is 19.2 Å². The zero-order valence-electron chi connectivity index (χ0n) is 15.1. The van der Waals surface area contributed by atoms with Crippen LogP contribution in [0.15, 0.2) is 60.7 Å². The summed E-state index contributed by atoms with van der Waals surface area (Å²) in [5, 5.41) is 2.77. The molecule has 3 aromatic carbocycles. The van der Waals surface area contributed by atoms with Crippen molar-refractivity contribution in [3.8, 4) is 0 Å². The number of halogens is 2. The molecule has 0 amide bonds. The molecule has 0 atom stereocenters. The lowest BCUT2D eigenvalue weighted by atomic mass is 10.1. The molecule has 4 rings (SSSR count). The summed E-state index contributed by atoms with van der Waals surface area (Å²) in [7, 11) is -3.68. The molecule has 0 aliphatic rings. The minimum atomic E-state index is -3.68. The third-order valence-electron chi connectivity index (χ3n) is 4.76. The van der Waals surface area contributed by atoms with Gasteiger partial charge >= 0.3 is 0 Å². The van der Waals surface area contributed by atoms with E-state index in [4.69, 9.17) is 23.2 Å². The smallest absolute Gasteiger partial charge is 0.237 e. The molecule has 1 aromatic heterocycles. The molecule has 4 aromatic rings. The maximum Gasteiger partial charge on any atom is 0.237 e. The van der Waals surface area contributed by atoms with E-state index in [0.717, 1.165) is 28.4 Å². The number of hydrogen-bond donors (Lipinski definition) is 1. The first-order valence-electron chi connectivity index (χ1n) is 8.84. The van der Waals surface area contributed by atoms with Gasteiger partial charge in [0, 0.05) is 49.6 Å². The van der Waals surface area contributed by atoms with Gasteiger partial charge in [0.2, 0.25) is 10.0 Å². The quantitative estimate of drug-likeness (QED) is 0.416. The van der Waals surface area contributed by atoms with E-state index in [9.17, 15) is 8.42 Å². The van der Waals surface area contributed by atoms with Crippen LogP contribution < -0.4 is 4.72 Å². The van der Waals surface area contributed by atoms with Gasteiger partial charge in [0.25, 0.3) is 0 Å². The molecule has 0 aliphatic heterocycles. The fourth-order valence-corrected chi connectivity index (χ4v) is 5.47. The number of benzene rings is 3. The molecule has 7 heteroatoms. The zero-order valence-corrected chi connectivity index (χ0v) is 17.4. The van der Waals surface area contributed by atoms with E-state index >= 15 is 0 Å². The van der Waals surface area contributed by atoms with Crippen molar-refractivity contribution in [3.05, 3.63) is 76.3 Å². The lowest BCUT2D eigenvalue weighted by molar-refractivity contribution is 0.600. The Labute approximate surface area is 173 Å². The Bertz CT molecular complexity index is 1280. The minimum Gasteiger partial charge on any atom is -0.341 e. The van der Waals surface area contributed by atoms with Gasteiger partial charge in [-0.3, -0.25) is 4.72 Å². The van der Waals surface area contributed by atoms with Crippen LogP contribution >= 0.6 is 23.2 Å². The monoisotopic (exact) mass is 432 g/mol. The van der Waals surface area contributed by atoms with Crippen LogP contribution in [-0.4, -0.2) is 13.0 Å². The summed E-state index contributed by atoms with van der Waals surface area (Å²) in [6, 6.07) is 18.6. The molecule has 0 bridgehead atoms. The van der Waals surface area contributed by atoms with Crippen molar-refractivity contribution < 1.29 is 8.42 Å². The van der Waals surface area contributed by atoms with Gasteiger partial charge in [-0.05, 0) is 43.3 Å². The zero-order chi connectivity index (χ0) is 19.9. The number of hydrogen-bond acceptors (Lipinski definition) is 2. The van der Waals surface area contributed by atoms with Crippen molar-refractivity contribution in [1.29, 1.82) is 0 Å². The second-order valence-corrected chi connectivity index (χ2v) is 9.09. The largest absolute Gasteiger partial charge is 0.341 e. The molecule has 1 heterocycles. The van der Waals surface area contributed by atoms with Gasteiger partial charge in [-0.15, -0.1) is 0 Å². The summed E-state index contributed by atoms with van der Waals surface area (Å²) >= 11 is 12.2. The standard InChI is InChI=1S/C21H18Cl2N2O2S/c1-2-25-20-9-4-3-6-15(20)16-12-14(10-11-21(16)25)24-28(26,27)13-17-18(22)7-5-8-19(17)23/h3-12,24H,2,13H2,1H3. The fraction of sp³-hybridized carbons (Fsp3) is 0.143. The van der Waals surface area contributed by atoms with Crippen molar-refractivity contribution >= 4 is 60.7 Å². The molecule has 0 saturated carbocycles. The molecule has 28 heavy (non-hydrogen) atoms. The van der Waals surface area contributed by atoms with Gasteiger partial charge in [-0.2, -0.15) is 0 Å². The molecule has 1 N–H and O–H groups in total. The highest BCUT2D eigenvalue weighted by atomic mass is 35.5. The molecule has 0 fully saturated rings. The van der Waals surface area contributed by atoms with E-state index in [1.165, 1.54) is 0 Å². The van der Waals surface area contributed by atoms with E-state index in [1.807, 2.05) is 30.3 Å². The van der Waals surface area contributed by atoms with Crippen molar-refractivity contribution in [2.24, 2.45) is 0 Å². The van der Waals surface area contributed by atoms with Gasteiger partial charge < -0.3 is 4.57 Å². The summed E-state index contributed by atoms with van der Waals surface area (Å²) in [6.45, 7) is 2.93. The molecule has 4 nitrogen and oxygen atoms in total. The van der Waals surface area contributed by atoms with Crippen LogP contribution in [0.5, 0.6) is 0 Å². The fourth-order valence-electron chi connectivity index (χ4n) is 3.53. The van der Waals surface area contributed by atoms with Crippen LogP contribution in [0.3, 0.4) is 0 Å². The number of aryl methyl sites for hydroxylation is 1. The molecule has 144 valence electrons. The average Bonchev–Trinajstić information content (AvgIpc) is 2.98. The summed E-state index contributed by atoms with van der Waals surface area (Å²) in [5.41, 5.74) is 3.10. The normalized spacial score (nSPS) is 12.0. The lowest BCUT2D eigenvalue weighted by Gasteiger charge is -2.11. The predicted octanol–water partition coefficient (Wildman–Crippen LogP) is 6.06. The van der Waals surface area contributed by atoms with Gasteiger partial charge in [0.1, 0.15) is 0 Å². The number of fused-ring (bicyclic) bond motifs is 3. The van der Waals surface area contributed by atoms with Crippen molar-refractivity contribution in [1.82, 2.24) is 4.57 Å². The highest BCUT2D eigenvalue weighted by Crippen LogP contribution is 2.32. The molecular weight excluding hydrogens is 415 g/mol. The van der Waals surface area contributed by atoms with Crippen molar-refractivity contribution in [2.75, 3.05) is 4.72 Å². The number of nitrogens with zero attached hydrogens (tertiary/aromatic N) is 1. The van der Waals surface area contributed by atoms with E-state index in [-0.39, 0.29) is 5.75 Å². The third kappa shape index (κ3) is 3.46. The molecule has 0 saturated heterocycles. The first-order chi connectivity index (χ1) is 13.4. The van der Waals surface area contributed by atoms with Crippen molar-refractivity contribution in [3.63, 3.8) is 0 Å². The molecule has 0 unspecified atom stereocenters. The number of rotatable bonds is 5. The van der Waals surface area contributed by atoms with Crippen LogP contribution in [0, 0.1) is 0 Å². The maximum absolute atomic E-state index is 12.7. The molecule has 0 radical (unpaired) electrons. The summed E-state index contributed by atoms with van der Waals surface area (Å²) in [5.74, 6) is -0.291. The van der Waals surface area contributed by atoms with E-state index in [2.05, 4.69) is 22.3 Å². The molecule has 0 spiro atoms. The Morgan fingerprint density at radius 1 is 0.893 bits per heavy atom. The Morgan fingerprint density at radius 2 is 1.57 bits per heavy atom. The van der Waals surface area contributed by atoms with Gasteiger partial charge in [0.05, 0.1) is 5.75 Å². The van der Waals surface area contributed by atoms with Crippen LogP contribution in [0.2, 0.25) is 10.0 Å². The van der Waals surface area contributed by atoms with E-state index in [0.29, 0.717) is 21.3 Å². The Hall–Kier alpha value is -2.21. The van der Waals surface area contributed by atoms with Gasteiger partial charge in [-0.25, -0.2) is 8.42 Å². The van der Waals surface area contributed by atoms with Crippen LogP contribution in [0.1, 0.15) is 12.5 Å². The minimum absolute atomic E-state index is 0.291. The highest BCUT2D eigenvalue weighted by molar-refractivity contribution is 7.91. The number of sulfonamides is 1. The predicted molar refractivity (Wildman–Crippen MR) is 118 cm³/mol. The lowest BCUT2D eigenvalue weighted by Crippen LogP contribution is -2.15. The first kappa shape index (κ1) is 19.1. The van der Waals surface area contributed by atoms with Gasteiger partial charge in [-0.1, -0.05) is 47.5 Å². The number of anilines is 1. The number of nitrogens with one attached hydrogen (secondary N) is 1. The Morgan fingerprint density at radius 3 is 2.29 bits per heavy atom. The first-order valence-corrected chi connectivity index (χ1v) is 11.2. The van der Waals surface area contributed by atoms with E-state index < -0.39 is 10.0 Å². The average molecular weight is 433 g/mol. The highest BCUT2D eigenvalue weighted by Gasteiger charge is 2.18. The molecule has 0 aliphatic carbocycles. The Balaban J connectivity index is 1.73. The van der Waals surface area contributed by atoms with Gasteiger partial charge in [0.15, 0.2) is 0 Å². The summed E-state index contributed by atoms with van der Waals surface area (Å²) in [4.78, 5) is 0. The third-order valence-corrected chi connectivity index (χ3v) is 6.68. The topological polar surface area (TPSA) is 51.1 Å². The second kappa shape index (κ2) is 7.32. The number of para-hydroxylation sites is 1. The SMILES string of the molecule is CCn1c2ccccc2c2cc(NS(=O)(=O)Cc3c(Cl)cccc3Cl)ccc21. The Kier molecular flexibility index (Phi) is 5.00. The maximum atomic E-state index is 12.7. The van der Waals surface area contributed by atoms with Crippen LogP contribution in [0.25, 0.3) is 21.8 Å². The van der Waals surface area contributed by atoms with Crippen LogP contribution in [0.4, 0.5) is 5.69 Å². The van der Waals surface area contributed by atoms with E-state index in [1.54, 1.807) is 24.3 Å². The van der Waals surface area contributed by atoms with Crippen LogP contribution in [-0.2, 0) is 22.3 Å². The number of aromatic nitrogens is 1. The second-order valence-electron chi connectivity index (χ2n) is 6.55. The summed E-state index contributed by atoms with van der Waals surface area (Å²) < 4.78 is 30.3. The summed E-state index contributed by atoms with van der Waals surface area (Å²) in [6.07, 6.45) is 0. The molecular formula is C21H18Cl2N2O2S.